The third kappa shape index (κ3) is 2.27. The summed E-state index contributed by atoms with van der Waals surface area (Å²) in [6.45, 7) is 2.35. The van der Waals surface area contributed by atoms with Crippen molar-refractivity contribution >= 4 is 5.82 Å². The fourth-order valence-electron chi connectivity index (χ4n) is 1.87. The zero-order valence-corrected chi connectivity index (χ0v) is 10.4. The first-order valence-electron chi connectivity index (χ1n) is 5.66. The molecule has 0 aliphatic heterocycles. The van der Waals surface area contributed by atoms with Crippen molar-refractivity contribution in [1.82, 2.24) is 15.0 Å². The first-order chi connectivity index (χ1) is 8.65. The van der Waals surface area contributed by atoms with Gasteiger partial charge in [0.15, 0.2) is 5.82 Å². The average molecular weight is 250 g/mol. The average Bonchev–Trinajstić information content (AvgIpc) is 2.70. The lowest BCUT2D eigenvalue weighted by Crippen LogP contribution is -2.08. The molecule has 0 aliphatic carbocycles. The van der Waals surface area contributed by atoms with Crippen molar-refractivity contribution in [2.45, 2.75) is 19.9 Å². The normalized spacial score (nSPS) is 10.6. The second kappa shape index (κ2) is 5.03. The second-order valence-corrected chi connectivity index (χ2v) is 3.89. The number of methoxy groups -OCH3 is 1. The smallest absolute Gasteiger partial charge is 0.169 e. The largest absolute Gasteiger partial charge is 0.496 e. The molecular weight excluding hydrogens is 235 g/mol. The molecule has 0 aliphatic rings. The number of hydrogen-bond donors (Lipinski definition) is 1. The van der Waals surface area contributed by atoms with Gasteiger partial charge in [-0.15, -0.1) is 5.10 Å². The Kier molecular flexibility index (Phi) is 3.45. The molecule has 0 bridgehead atoms. The van der Waals surface area contributed by atoms with E-state index in [-0.39, 0.29) is 5.82 Å². The van der Waals surface area contributed by atoms with Gasteiger partial charge in [0.2, 0.25) is 0 Å². The van der Waals surface area contributed by atoms with Crippen LogP contribution < -0.4 is 10.5 Å². The SMILES string of the molecule is CCc1c(N)nnn1Cc1cc(F)ccc1OC. The number of anilines is 1. The fourth-order valence-corrected chi connectivity index (χ4v) is 1.87. The minimum Gasteiger partial charge on any atom is -0.496 e. The highest BCUT2D eigenvalue weighted by Gasteiger charge is 2.11. The number of nitrogen functional groups attached to an aromatic ring is 1. The van der Waals surface area contributed by atoms with Crippen LogP contribution in [0.15, 0.2) is 18.2 Å². The Morgan fingerprint density at radius 2 is 2.22 bits per heavy atom. The summed E-state index contributed by atoms with van der Waals surface area (Å²) in [4.78, 5) is 0. The molecule has 0 saturated heterocycles. The number of benzene rings is 1. The van der Waals surface area contributed by atoms with E-state index in [0.29, 0.717) is 23.7 Å². The second-order valence-electron chi connectivity index (χ2n) is 3.89. The zero-order valence-electron chi connectivity index (χ0n) is 10.4. The van der Waals surface area contributed by atoms with Crippen LogP contribution in [0.4, 0.5) is 10.2 Å². The summed E-state index contributed by atoms with van der Waals surface area (Å²) in [6, 6.07) is 4.38. The van der Waals surface area contributed by atoms with Crippen molar-refractivity contribution in [2.24, 2.45) is 0 Å². The number of nitrogens with zero attached hydrogens (tertiary/aromatic N) is 3. The molecule has 0 saturated carbocycles. The van der Waals surface area contributed by atoms with Gasteiger partial charge in [-0.1, -0.05) is 12.1 Å². The number of hydrogen-bond acceptors (Lipinski definition) is 4. The predicted octanol–water partition coefficient (Wildman–Crippen LogP) is 1.62. The van der Waals surface area contributed by atoms with Crippen LogP contribution in [0.1, 0.15) is 18.2 Å². The first kappa shape index (κ1) is 12.3. The monoisotopic (exact) mass is 250 g/mol. The molecule has 2 N–H and O–H groups in total. The lowest BCUT2D eigenvalue weighted by Gasteiger charge is -2.10. The van der Waals surface area contributed by atoms with E-state index in [0.717, 1.165) is 12.1 Å². The molecule has 0 unspecified atom stereocenters. The van der Waals surface area contributed by atoms with E-state index >= 15 is 0 Å². The Hall–Kier alpha value is -2.11. The van der Waals surface area contributed by atoms with Crippen molar-refractivity contribution in [2.75, 3.05) is 12.8 Å². The Labute approximate surface area is 104 Å². The van der Waals surface area contributed by atoms with Gasteiger partial charge in [0.25, 0.3) is 0 Å². The molecule has 2 aromatic rings. The van der Waals surface area contributed by atoms with Crippen molar-refractivity contribution in [1.29, 1.82) is 0 Å². The molecule has 96 valence electrons. The van der Waals surface area contributed by atoms with Crippen molar-refractivity contribution in [3.63, 3.8) is 0 Å². The minimum atomic E-state index is -0.308. The lowest BCUT2D eigenvalue weighted by molar-refractivity contribution is 0.405. The van der Waals surface area contributed by atoms with Gasteiger partial charge in [-0.3, -0.25) is 0 Å². The molecule has 6 heteroatoms. The molecule has 2 rings (SSSR count). The van der Waals surface area contributed by atoms with Crippen LogP contribution in [0, 0.1) is 5.82 Å². The summed E-state index contributed by atoms with van der Waals surface area (Å²) in [5, 5.41) is 7.77. The zero-order chi connectivity index (χ0) is 13.1. The number of ether oxygens (including phenoxy) is 1. The van der Waals surface area contributed by atoms with E-state index < -0.39 is 0 Å². The third-order valence-electron chi connectivity index (χ3n) is 2.77. The number of rotatable bonds is 4. The topological polar surface area (TPSA) is 66.0 Å². The molecule has 0 radical (unpaired) electrons. The molecular formula is C12H15FN4O. The van der Waals surface area contributed by atoms with E-state index in [1.165, 1.54) is 12.1 Å². The molecule has 0 atom stereocenters. The van der Waals surface area contributed by atoms with Crippen molar-refractivity contribution in [3.05, 3.63) is 35.3 Å². The van der Waals surface area contributed by atoms with Crippen LogP contribution in [0.2, 0.25) is 0 Å². The fraction of sp³-hybridized carbons (Fsp3) is 0.333. The minimum absolute atomic E-state index is 0.308. The van der Waals surface area contributed by atoms with Crippen LogP contribution in [-0.2, 0) is 13.0 Å². The number of halogens is 1. The van der Waals surface area contributed by atoms with Crippen LogP contribution >= 0.6 is 0 Å². The van der Waals surface area contributed by atoms with E-state index in [9.17, 15) is 4.39 Å². The molecule has 18 heavy (non-hydrogen) atoms. The summed E-state index contributed by atoms with van der Waals surface area (Å²) >= 11 is 0. The molecule has 1 heterocycles. The van der Waals surface area contributed by atoms with Gasteiger partial charge in [0.05, 0.1) is 19.3 Å². The summed E-state index contributed by atoms with van der Waals surface area (Å²) in [5.74, 6) is 0.720. The maximum Gasteiger partial charge on any atom is 0.169 e. The van der Waals surface area contributed by atoms with Gasteiger partial charge in [-0.2, -0.15) is 0 Å². The molecule has 1 aromatic carbocycles. The molecule has 5 nitrogen and oxygen atoms in total. The van der Waals surface area contributed by atoms with Gasteiger partial charge in [-0.25, -0.2) is 9.07 Å². The van der Waals surface area contributed by atoms with Crippen LogP contribution in [0.25, 0.3) is 0 Å². The van der Waals surface area contributed by atoms with Gasteiger partial charge < -0.3 is 10.5 Å². The summed E-state index contributed by atoms with van der Waals surface area (Å²) in [6.07, 6.45) is 0.719. The van der Waals surface area contributed by atoms with Gasteiger partial charge in [0, 0.05) is 5.56 Å². The quantitative estimate of drug-likeness (QED) is 0.895. The first-order valence-corrected chi connectivity index (χ1v) is 5.66. The van der Waals surface area contributed by atoms with Gasteiger partial charge >= 0.3 is 0 Å². The highest BCUT2D eigenvalue weighted by Crippen LogP contribution is 2.21. The van der Waals surface area contributed by atoms with E-state index in [4.69, 9.17) is 10.5 Å². The van der Waals surface area contributed by atoms with Crippen molar-refractivity contribution in [3.8, 4) is 5.75 Å². The maximum atomic E-state index is 13.2. The van der Waals surface area contributed by atoms with Crippen LogP contribution in [-0.4, -0.2) is 22.1 Å². The summed E-state index contributed by atoms with van der Waals surface area (Å²) in [5.41, 5.74) is 7.25. The van der Waals surface area contributed by atoms with Gasteiger partial charge in [-0.05, 0) is 24.6 Å². The lowest BCUT2D eigenvalue weighted by atomic mass is 10.2. The molecule has 0 amide bonds. The highest BCUT2D eigenvalue weighted by atomic mass is 19.1. The van der Waals surface area contributed by atoms with Crippen LogP contribution in [0.3, 0.4) is 0 Å². The number of nitrogens with two attached hydrogens (primary N) is 1. The molecule has 1 aromatic heterocycles. The summed E-state index contributed by atoms with van der Waals surface area (Å²) < 4.78 is 20.1. The Morgan fingerprint density at radius 1 is 1.44 bits per heavy atom. The van der Waals surface area contributed by atoms with E-state index in [2.05, 4.69) is 10.3 Å². The van der Waals surface area contributed by atoms with E-state index in [1.807, 2.05) is 6.92 Å². The van der Waals surface area contributed by atoms with Crippen LogP contribution in [0.5, 0.6) is 5.75 Å². The van der Waals surface area contributed by atoms with Gasteiger partial charge in [0.1, 0.15) is 11.6 Å². The number of aromatic nitrogens is 3. The Morgan fingerprint density at radius 3 is 2.89 bits per heavy atom. The van der Waals surface area contributed by atoms with E-state index in [1.54, 1.807) is 17.9 Å². The molecule has 0 fully saturated rings. The Bertz CT molecular complexity index is 553. The highest BCUT2D eigenvalue weighted by molar-refractivity contribution is 5.36. The standard InChI is InChI=1S/C12H15FN4O/c1-3-10-12(14)15-16-17(10)7-8-6-9(13)4-5-11(8)18-2/h4-6H,3,7,14H2,1-2H3. The maximum absolute atomic E-state index is 13.2. The summed E-state index contributed by atoms with van der Waals surface area (Å²) in [7, 11) is 1.55. The Balaban J connectivity index is 2.36. The third-order valence-corrected chi connectivity index (χ3v) is 2.77. The van der Waals surface area contributed by atoms with Crippen molar-refractivity contribution < 1.29 is 9.13 Å². The molecule has 0 spiro atoms. The predicted molar refractivity (Wildman–Crippen MR) is 65.9 cm³/mol.